The van der Waals surface area contributed by atoms with Crippen molar-refractivity contribution in [1.82, 2.24) is 5.32 Å². The molecule has 0 radical (unpaired) electrons. The molecule has 0 saturated carbocycles. The number of rotatable bonds is 8. The molecule has 1 atom stereocenters. The molecule has 6 nitrogen and oxygen atoms in total. The standard InChI is InChI=1S/C27H31NO5S/c1-19-10-14-23(15-11-19)34(31,32)25-17-22(29)13-12-21(25)16-24(26(30)33-27(2,3)4)28-18-20-8-6-5-7-9-20/h5-15,17,24,28-29H,16,18H2,1-4H3/t24-/m0/s1. The number of benzene rings is 3. The maximum absolute atomic E-state index is 13.4. The van der Waals surface area contributed by atoms with E-state index in [4.69, 9.17) is 4.74 Å². The van der Waals surface area contributed by atoms with Gasteiger partial charge in [0.05, 0.1) is 9.79 Å². The zero-order chi connectivity index (χ0) is 24.9. The highest BCUT2D eigenvalue weighted by Gasteiger charge is 2.29. The van der Waals surface area contributed by atoms with Crippen molar-refractivity contribution >= 4 is 15.8 Å². The first kappa shape index (κ1) is 25.5. The molecule has 3 aromatic carbocycles. The normalized spacial score (nSPS) is 12.8. The van der Waals surface area contributed by atoms with Crippen molar-refractivity contribution in [2.45, 2.75) is 62.1 Å². The minimum Gasteiger partial charge on any atom is -0.508 e. The minimum atomic E-state index is -3.92. The molecule has 34 heavy (non-hydrogen) atoms. The van der Waals surface area contributed by atoms with E-state index in [0.717, 1.165) is 11.1 Å². The van der Waals surface area contributed by atoms with E-state index in [-0.39, 0.29) is 22.0 Å². The van der Waals surface area contributed by atoms with Gasteiger partial charge in [0.15, 0.2) is 0 Å². The van der Waals surface area contributed by atoms with Crippen LogP contribution in [0.5, 0.6) is 5.75 Å². The van der Waals surface area contributed by atoms with Crippen molar-refractivity contribution < 1.29 is 23.1 Å². The van der Waals surface area contributed by atoms with Crippen LogP contribution in [0, 0.1) is 6.92 Å². The van der Waals surface area contributed by atoms with Gasteiger partial charge in [-0.2, -0.15) is 0 Å². The van der Waals surface area contributed by atoms with Crippen LogP contribution in [0.3, 0.4) is 0 Å². The lowest BCUT2D eigenvalue weighted by Crippen LogP contribution is -2.42. The monoisotopic (exact) mass is 481 g/mol. The van der Waals surface area contributed by atoms with Gasteiger partial charge in [0.25, 0.3) is 0 Å². The molecule has 0 unspecified atom stereocenters. The minimum absolute atomic E-state index is 0.0357. The van der Waals surface area contributed by atoms with Crippen LogP contribution in [0.2, 0.25) is 0 Å². The molecule has 0 aliphatic heterocycles. The Hall–Kier alpha value is -3.16. The van der Waals surface area contributed by atoms with Gasteiger partial charge < -0.3 is 15.2 Å². The maximum atomic E-state index is 13.4. The summed E-state index contributed by atoms with van der Waals surface area (Å²) >= 11 is 0. The van der Waals surface area contributed by atoms with Gasteiger partial charge in [-0.05, 0) is 69.5 Å². The molecule has 0 aliphatic carbocycles. The predicted octanol–water partition coefficient (Wildman–Crippen LogP) is 4.58. The number of esters is 1. The summed E-state index contributed by atoms with van der Waals surface area (Å²) in [5.74, 6) is -0.643. The number of hydrogen-bond acceptors (Lipinski definition) is 6. The molecule has 0 amide bonds. The van der Waals surface area contributed by atoms with Crippen molar-refractivity contribution in [2.24, 2.45) is 0 Å². The predicted molar refractivity (Wildman–Crippen MR) is 131 cm³/mol. The molecule has 3 aromatic rings. The summed E-state index contributed by atoms with van der Waals surface area (Å²) in [4.78, 5) is 13.1. The van der Waals surface area contributed by atoms with E-state index in [2.05, 4.69) is 5.32 Å². The molecule has 0 aromatic heterocycles. The topological polar surface area (TPSA) is 92.7 Å². The molecular formula is C27H31NO5S. The molecule has 0 heterocycles. The zero-order valence-corrected chi connectivity index (χ0v) is 20.7. The Labute approximate surface area is 201 Å². The SMILES string of the molecule is Cc1ccc(S(=O)(=O)c2cc(O)ccc2C[C@H](NCc2ccccc2)C(=O)OC(C)(C)C)cc1. The van der Waals surface area contributed by atoms with Crippen LogP contribution < -0.4 is 5.32 Å². The van der Waals surface area contributed by atoms with E-state index in [1.807, 2.05) is 37.3 Å². The van der Waals surface area contributed by atoms with E-state index < -0.39 is 27.4 Å². The molecule has 180 valence electrons. The number of nitrogens with one attached hydrogen (secondary N) is 1. The van der Waals surface area contributed by atoms with Crippen molar-refractivity contribution in [3.05, 3.63) is 89.5 Å². The van der Waals surface area contributed by atoms with Gasteiger partial charge in [-0.15, -0.1) is 0 Å². The second-order valence-electron chi connectivity index (χ2n) is 9.27. The number of sulfone groups is 1. The third-order valence-corrected chi connectivity index (χ3v) is 7.03. The Kier molecular flexibility index (Phi) is 7.79. The molecule has 0 spiro atoms. The van der Waals surface area contributed by atoms with Gasteiger partial charge in [-0.25, -0.2) is 8.42 Å². The third-order valence-electron chi connectivity index (χ3n) is 5.18. The first-order valence-corrected chi connectivity index (χ1v) is 12.6. The summed E-state index contributed by atoms with van der Waals surface area (Å²) in [5.41, 5.74) is 1.63. The lowest BCUT2D eigenvalue weighted by molar-refractivity contribution is -0.157. The van der Waals surface area contributed by atoms with Crippen molar-refractivity contribution in [1.29, 1.82) is 0 Å². The van der Waals surface area contributed by atoms with Gasteiger partial charge in [0.1, 0.15) is 17.4 Å². The van der Waals surface area contributed by atoms with Crippen LogP contribution in [0.4, 0.5) is 0 Å². The number of hydrogen-bond donors (Lipinski definition) is 2. The summed E-state index contributed by atoms with van der Waals surface area (Å²) in [6.45, 7) is 7.63. The molecule has 3 rings (SSSR count). The molecule has 2 N–H and O–H groups in total. The Balaban J connectivity index is 1.96. The van der Waals surface area contributed by atoms with E-state index in [1.165, 1.54) is 30.3 Å². The summed E-state index contributed by atoms with van der Waals surface area (Å²) in [6.07, 6.45) is 0.0719. The number of aryl methyl sites for hydroxylation is 1. The maximum Gasteiger partial charge on any atom is 0.324 e. The van der Waals surface area contributed by atoms with Crippen LogP contribution in [0.15, 0.2) is 82.6 Å². The lowest BCUT2D eigenvalue weighted by atomic mass is 10.0. The number of ether oxygens (including phenoxy) is 1. The van der Waals surface area contributed by atoms with E-state index in [0.29, 0.717) is 12.1 Å². The third kappa shape index (κ3) is 6.68. The highest BCUT2D eigenvalue weighted by atomic mass is 32.2. The van der Waals surface area contributed by atoms with Gasteiger partial charge in [0.2, 0.25) is 9.84 Å². The summed E-state index contributed by atoms with van der Waals surface area (Å²) in [5, 5.41) is 13.3. The number of phenolic OH excluding ortho intramolecular Hbond substituents is 1. The first-order chi connectivity index (χ1) is 16.0. The Morgan fingerprint density at radius 3 is 2.26 bits per heavy atom. The van der Waals surface area contributed by atoms with Gasteiger partial charge in [-0.3, -0.25) is 4.79 Å². The molecule has 0 aliphatic rings. The van der Waals surface area contributed by atoms with Crippen LogP contribution in [0.25, 0.3) is 0 Å². The molecule has 0 fully saturated rings. The first-order valence-electron chi connectivity index (χ1n) is 11.1. The number of phenols is 1. The molecular weight excluding hydrogens is 450 g/mol. The van der Waals surface area contributed by atoms with Crippen LogP contribution in [-0.2, 0) is 32.3 Å². The average Bonchev–Trinajstić information content (AvgIpc) is 2.77. The van der Waals surface area contributed by atoms with Gasteiger partial charge in [-0.1, -0.05) is 54.1 Å². The Bertz CT molecular complexity index is 1230. The molecule has 0 saturated heterocycles. The van der Waals surface area contributed by atoms with Crippen molar-refractivity contribution in [3.8, 4) is 5.75 Å². The summed E-state index contributed by atoms with van der Waals surface area (Å²) in [6, 6.07) is 19.5. The van der Waals surface area contributed by atoms with Gasteiger partial charge in [0, 0.05) is 6.54 Å². The highest BCUT2D eigenvalue weighted by molar-refractivity contribution is 7.91. The summed E-state index contributed by atoms with van der Waals surface area (Å²) in [7, 11) is -3.92. The van der Waals surface area contributed by atoms with Crippen molar-refractivity contribution in [3.63, 3.8) is 0 Å². The Morgan fingerprint density at radius 2 is 1.65 bits per heavy atom. The van der Waals surface area contributed by atoms with E-state index >= 15 is 0 Å². The van der Waals surface area contributed by atoms with Gasteiger partial charge >= 0.3 is 5.97 Å². The molecule has 0 bridgehead atoms. The van der Waals surface area contributed by atoms with E-state index in [9.17, 15) is 18.3 Å². The van der Waals surface area contributed by atoms with Crippen molar-refractivity contribution in [2.75, 3.05) is 0 Å². The fraction of sp³-hybridized carbons (Fsp3) is 0.296. The summed E-state index contributed by atoms with van der Waals surface area (Å²) < 4.78 is 32.5. The average molecular weight is 482 g/mol. The second-order valence-corrected chi connectivity index (χ2v) is 11.2. The zero-order valence-electron chi connectivity index (χ0n) is 19.9. The number of carbonyl (C=O) groups excluding carboxylic acids is 1. The quantitative estimate of drug-likeness (QED) is 0.458. The van der Waals surface area contributed by atoms with Crippen LogP contribution in [-0.4, -0.2) is 31.1 Å². The number of aromatic hydroxyl groups is 1. The fourth-order valence-corrected chi connectivity index (χ4v) is 5.00. The fourth-order valence-electron chi connectivity index (χ4n) is 3.47. The smallest absolute Gasteiger partial charge is 0.324 e. The van der Waals surface area contributed by atoms with E-state index in [1.54, 1.807) is 32.9 Å². The highest BCUT2D eigenvalue weighted by Crippen LogP contribution is 2.29. The van der Waals surface area contributed by atoms with Crippen LogP contribution in [0.1, 0.15) is 37.5 Å². The Morgan fingerprint density at radius 1 is 1.00 bits per heavy atom. The number of carbonyl (C=O) groups is 1. The lowest BCUT2D eigenvalue weighted by Gasteiger charge is -2.25. The molecule has 7 heteroatoms. The largest absolute Gasteiger partial charge is 0.508 e. The second kappa shape index (κ2) is 10.4. The van der Waals surface area contributed by atoms with Crippen LogP contribution >= 0.6 is 0 Å².